The van der Waals surface area contributed by atoms with Gasteiger partial charge in [0, 0.05) is 16.8 Å². The van der Waals surface area contributed by atoms with Crippen molar-refractivity contribution in [3.63, 3.8) is 0 Å². The van der Waals surface area contributed by atoms with E-state index in [0.29, 0.717) is 36.2 Å². The lowest BCUT2D eigenvalue weighted by molar-refractivity contribution is -0.136. The highest BCUT2D eigenvalue weighted by molar-refractivity contribution is 7.21. The van der Waals surface area contributed by atoms with Crippen LogP contribution in [0.15, 0.2) is 24.3 Å². The van der Waals surface area contributed by atoms with Gasteiger partial charge in [-0.15, -0.1) is 11.3 Å². The molecular weight excluding hydrogens is 389 g/mol. The number of pyridine rings is 1. The zero-order chi connectivity index (χ0) is 20.1. The normalized spacial score (nSPS) is 13.4. The first-order valence-corrected chi connectivity index (χ1v) is 9.23. The van der Waals surface area contributed by atoms with Crippen molar-refractivity contribution in [1.82, 2.24) is 4.98 Å². The minimum Gasteiger partial charge on any atom is -0.397 e. The van der Waals surface area contributed by atoms with Gasteiger partial charge in [0.15, 0.2) is 0 Å². The molecule has 2 aromatic heterocycles. The molecule has 4 rings (SSSR count). The van der Waals surface area contributed by atoms with Crippen LogP contribution in [0.5, 0.6) is 0 Å². The number of hydrogen-bond acceptors (Lipinski definition) is 5. The molecule has 1 aliphatic rings. The second kappa shape index (κ2) is 6.49. The largest absolute Gasteiger partial charge is 0.417 e. The molecule has 3 aromatic rings. The molecule has 28 heavy (non-hydrogen) atoms. The molecule has 1 amide bonds. The summed E-state index contributed by atoms with van der Waals surface area (Å²) in [5.74, 6) is -0.635. The van der Waals surface area contributed by atoms with Crippen LogP contribution in [-0.2, 0) is 19.0 Å². The number of nitrogens with two attached hydrogens (primary N) is 1. The number of halogens is 3. The first-order chi connectivity index (χ1) is 13.3. The number of aromatic nitrogens is 1. The maximum atomic E-state index is 13.8. The molecule has 0 aliphatic heterocycles. The van der Waals surface area contributed by atoms with Crippen LogP contribution in [0.1, 0.15) is 38.5 Å². The van der Waals surface area contributed by atoms with Crippen molar-refractivity contribution >= 4 is 38.8 Å². The number of alkyl halides is 3. The average molecular weight is 402 g/mol. The number of nitrogens with one attached hydrogen (secondary N) is 1. The summed E-state index contributed by atoms with van der Waals surface area (Å²) in [5.41, 5.74) is 6.31. The molecule has 142 valence electrons. The lowest BCUT2D eigenvalue weighted by Crippen LogP contribution is -2.13. The van der Waals surface area contributed by atoms with Crippen LogP contribution in [0.3, 0.4) is 0 Å². The number of nitrogen functional groups attached to an aromatic ring is 1. The fourth-order valence-corrected chi connectivity index (χ4v) is 4.50. The van der Waals surface area contributed by atoms with Gasteiger partial charge in [0.05, 0.1) is 22.9 Å². The summed E-state index contributed by atoms with van der Waals surface area (Å²) in [6.45, 7) is 0. The number of anilines is 2. The number of fused-ring (bicyclic) bond motifs is 2. The van der Waals surface area contributed by atoms with Crippen LogP contribution in [0, 0.1) is 11.3 Å². The standard InChI is InChI=1S/C19H13F3N4OS/c20-19(21,22)14-11-5-2-6-12(11)26-18-13(14)15(24)16(28-18)17(27)25-10-4-1-3-9(7-10)8-23/h1,3-4,7H,2,5-6,24H2,(H,25,27). The van der Waals surface area contributed by atoms with E-state index in [9.17, 15) is 18.0 Å². The molecule has 0 spiro atoms. The van der Waals surface area contributed by atoms with Gasteiger partial charge in [0.2, 0.25) is 0 Å². The lowest BCUT2D eigenvalue weighted by Gasteiger charge is -2.14. The first-order valence-electron chi connectivity index (χ1n) is 8.42. The molecule has 2 heterocycles. The maximum absolute atomic E-state index is 13.8. The zero-order valence-corrected chi connectivity index (χ0v) is 15.2. The van der Waals surface area contributed by atoms with Crippen LogP contribution in [0.4, 0.5) is 24.5 Å². The van der Waals surface area contributed by atoms with E-state index in [0.717, 1.165) is 11.3 Å². The smallest absolute Gasteiger partial charge is 0.397 e. The number of aryl methyl sites for hydroxylation is 1. The van der Waals surface area contributed by atoms with Gasteiger partial charge < -0.3 is 11.1 Å². The molecule has 9 heteroatoms. The van der Waals surface area contributed by atoms with Gasteiger partial charge in [-0.05, 0) is 43.0 Å². The molecule has 0 saturated carbocycles. The van der Waals surface area contributed by atoms with Crippen LogP contribution in [-0.4, -0.2) is 10.9 Å². The Labute approximate surface area is 161 Å². The number of carbonyl (C=O) groups excluding carboxylic acids is 1. The molecule has 1 aromatic carbocycles. The van der Waals surface area contributed by atoms with Crippen LogP contribution in [0.2, 0.25) is 0 Å². The Kier molecular flexibility index (Phi) is 4.23. The molecule has 0 atom stereocenters. The van der Waals surface area contributed by atoms with Crippen molar-refractivity contribution in [2.24, 2.45) is 0 Å². The van der Waals surface area contributed by atoms with Crippen molar-refractivity contribution in [1.29, 1.82) is 5.26 Å². The zero-order valence-electron chi connectivity index (χ0n) is 14.4. The number of thiophene rings is 1. The lowest BCUT2D eigenvalue weighted by atomic mass is 10.0. The van der Waals surface area contributed by atoms with Crippen LogP contribution < -0.4 is 11.1 Å². The van der Waals surface area contributed by atoms with E-state index < -0.39 is 17.6 Å². The van der Waals surface area contributed by atoms with Gasteiger partial charge in [-0.2, -0.15) is 18.4 Å². The quantitative estimate of drug-likeness (QED) is 0.660. The predicted octanol–water partition coefficient (Wildman–Crippen LogP) is 4.51. The van der Waals surface area contributed by atoms with E-state index in [1.54, 1.807) is 18.2 Å². The number of rotatable bonds is 2. The van der Waals surface area contributed by atoms with E-state index in [1.807, 2.05) is 6.07 Å². The minimum absolute atomic E-state index is 0.0287. The molecule has 1 aliphatic carbocycles. The minimum atomic E-state index is -4.58. The number of nitriles is 1. The molecule has 0 bridgehead atoms. The third-order valence-electron chi connectivity index (χ3n) is 4.64. The third-order valence-corrected chi connectivity index (χ3v) is 5.74. The highest BCUT2D eigenvalue weighted by atomic mass is 32.1. The van der Waals surface area contributed by atoms with E-state index >= 15 is 0 Å². The van der Waals surface area contributed by atoms with Crippen LogP contribution in [0.25, 0.3) is 10.2 Å². The first kappa shape index (κ1) is 18.3. The summed E-state index contributed by atoms with van der Waals surface area (Å²) in [6.07, 6.45) is -3.19. The van der Waals surface area contributed by atoms with Crippen molar-refractivity contribution in [2.45, 2.75) is 25.4 Å². The highest BCUT2D eigenvalue weighted by Crippen LogP contribution is 2.46. The van der Waals surface area contributed by atoms with Gasteiger partial charge in [-0.25, -0.2) is 4.98 Å². The topological polar surface area (TPSA) is 91.8 Å². The van der Waals surface area contributed by atoms with E-state index in [2.05, 4.69) is 10.3 Å². The summed E-state index contributed by atoms with van der Waals surface area (Å²) in [4.78, 5) is 17.1. The summed E-state index contributed by atoms with van der Waals surface area (Å²) in [6, 6.07) is 8.17. The van der Waals surface area contributed by atoms with Gasteiger partial charge in [0.25, 0.3) is 5.91 Å². The van der Waals surface area contributed by atoms with Crippen molar-refractivity contribution in [2.75, 3.05) is 11.1 Å². The number of hydrogen-bond donors (Lipinski definition) is 2. The summed E-state index contributed by atoms with van der Waals surface area (Å²) < 4.78 is 41.4. The van der Waals surface area contributed by atoms with Gasteiger partial charge in [-0.1, -0.05) is 6.07 Å². The Morgan fingerprint density at radius 1 is 1.32 bits per heavy atom. The monoisotopic (exact) mass is 402 g/mol. The Hall–Kier alpha value is -3.12. The van der Waals surface area contributed by atoms with Gasteiger partial charge in [0.1, 0.15) is 9.71 Å². The van der Waals surface area contributed by atoms with E-state index in [4.69, 9.17) is 11.0 Å². The summed E-state index contributed by atoms with van der Waals surface area (Å²) >= 11 is 0.844. The SMILES string of the molecule is N#Cc1cccc(NC(=O)c2sc3nc4c(c(C(F)(F)F)c3c2N)CCC4)c1. The van der Waals surface area contributed by atoms with Crippen molar-refractivity contribution in [3.05, 3.63) is 51.5 Å². The third kappa shape index (κ3) is 2.96. The molecule has 0 unspecified atom stereocenters. The van der Waals surface area contributed by atoms with Crippen molar-refractivity contribution in [3.8, 4) is 6.07 Å². The average Bonchev–Trinajstić information content (AvgIpc) is 3.23. The molecule has 0 saturated heterocycles. The molecule has 0 radical (unpaired) electrons. The Morgan fingerprint density at radius 3 is 2.82 bits per heavy atom. The molecule has 3 N–H and O–H groups in total. The predicted molar refractivity (Wildman–Crippen MR) is 100 cm³/mol. The van der Waals surface area contributed by atoms with Gasteiger partial charge >= 0.3 is 6.18 Å². The second-order valence-corrected chi connectivity index (χ2v) is 7.43. The second-order valence-electron chi connectivity index (χ2n) is 6.44. The number of carbonyl (C=O) groups is 1. The Bertz CT molecular complexity index is 1160. The number of amides is 1. The van der Waals surface area contributed by atoms with Crippen molar-refractivity contribution < 1.29 is 18.0 Å². The fraction of sp³-hybridized carbons (Fsp3) is 0.211. The highest BCUT2D eigenvalue weighted by Gasteiger charge is 2.40. The number of benzene rings is 1. The summed E-state index contributed by atoms with van der Waals surface area (Å²) in [7, 11) is 0. The van der Waals surface area contributed by atoms with E-state index in [-0.39, 0.29) is 26.3 Å². The molecular formula is C19H13F3N4OS. The fourth-order valence-electron chi connectivity index (χ4n) is 3.48. The molecule has 5 nitrogen and oxygen atoms in total. The molecule has 0 fully saturated rings. The maximum Gasteiger partial charge on any atom is 0.417 e. The number of nitrogens with zero attached hydrogens (tertiary/aromatic N) is 2. The van der Waals surface area contributed by atoms with Crippen LogP contribution >= 0.6 is 11.3 Å². The Balaban J connectivity index is 1.82. The van der Waals surface area contributed by atoms with Gasteiger partial charge in [-0.3, -0.25) is 4.79 Å². The van der Waals surface area contributed by atoms with E-state index in [1.165, 1.54) is 6.07 Å². The summed E-state index contributed by atoms with van der Waals surface area (Å²) in [5, 5.41) is 11.3. The Morgan fingerprint density at radius 2 is 2.11 bits per heavy atom.